The summed E-state index contributed by atoms with van der Waals surface area (Å²) in [5.74, 6) is 1.30. The number of nitrogens with zero attached hydrogens (tertiary/aromatic N) is 1. The van der Waals surface area contributed by atoms with Crippen LogP contribution < -0.4 is 19.1 Å². The summed E-state index contributed by atoms with van der Waals surface area (Å²) in [5, 5.41) is 2.91. The van der Waals surface area contributed by atoms with E-state index in [9.17, 15) is 13.2 Å². The molecule has 0 fully saturated rings. The molecule has 0 saturated heterocycles. The van der Waals surface area contributed by atoms with Crippen LogP contribution in [0.25, 0.3) is 0 Å². The smallest absolute Gasteiger partial charge is 0.232 e. The molecule has 2 aromatic carbocycles. The van der Waals surface area contributed by atoms with Gasteiger partial charge in [0.2, 0.25) is 15.9 Å². The SMILES string of the molecule is COc1ccc(CCCNC(=O)CCCN(c2cc(C)cc(C)c2)S(C)(=O)=O)cc1OC. The minimum Gasteiger partial charge on any atom is -0.493 e. The molecule has 1 amide bonds. The van der Waals surface area contributed by atoms with Crippen molar-refractivity contribution in [2.75, 3.05) is 37.9 Å². The Labute approximate surface area is 191 Å². The summed E-state index contributed by atoms with van der Waals surface area (Å²) in [7, 11) is -0.224. The van der Waals surface area contributed by atoms with Crippen LogP contribution in [0, 0.1) is 13.8 Å². The van der Waals surface area contributed by atoms with Gasteiger partial charge in [-0.2, -0.15) is 0 Å². The van der Waals surface area contributed by atoms with Crippen LogP contribution in [0.15, 0.2) is 36.4 Å². The highest BCUT2D eigenvalue weighted by molar-refractivity contribution is 7.92. The van der Waals surface area contributed by atoms with E-state index in [0.717, 1.165) is 29.5 Å². The summed E-state index contributed by atoms with van der Waals surface area (Å²) in [6.07, 6.45) is 3.50. The van der Waals surface area contributed by atoms with Crippen molar-refractivity contribution in [1.82, 2.24) is 5.32 Å². The van der Waals surface area contributed by atoms with Gasteiger partial charge in [-0.15, -0.1) is 0 Å². The molecule has 1 N–H and O–H groups in total. The molecule has 0 bridgehead atoms. The molecule has 0 aliphatic carbocycles. The zero-order chi connectivity index (χ0) is 23.7. The lowest BCUT2D eigenvalue weighted by Crippen LogP contribution is -2.32. The zero-order valence-electron chi connectivity index (χ0n) is 19.6. The first-order chi connectivity index (χ1) is 15.1. The van der Waals surface area contributed by atoms with E-state index in [-0.39, 0.29) is 18.9 Å². The predicted octanol–water partition coefficient (Wildman–Crippen LogP) is 3.62. The Morgan fingerprint density at radius 2 is 1.62 bits per heavy atom. The second-order valence-corrected chi connectivity index (χ2v) is 9.83. The summed E-state index contributed by atoms with van der Waals surface area (Å²) in [4.78, 5) is 12.2. The number of anilines is 1. The van der Waals surface area contributed by atoms with Crippen LogP contribution in [0.2, 0.25) is 0 Å². The van der Waals surface area contributed by atoms with Crippen molar-refractivity contribution in [3.05, 3.63) is 53.1 Å². The van der Waals surface area contributed by atoms with E-state index in [1.54, 1.807) is 14.2 Å². The number of carbonyl (C=O) groups is 1. The van der Waals surface area contributed by atoms with Crippen molar-refractivity contribution < 1.29 is 22.7 Å². The highest BCUT2D eigenvalue weighted by Gasteiger charge is 2.18. The summed E-state index contributed by atoms with van der Waals surface area (Å²) in [5.41, 5.74) is 3.75. The Bertz CT molecular complexity index is 1000. The molecule has 176 valence electrons. The quantitative estimate of drug-likeness (QED) is 0.487. The molecule has 0 atom stereocenters. The van der Waals surface area contributed by atoms with E-state index in [1.807, 2.05) is 50.2 Å². The Kier molecular flexibility index (Phi) is 9.38. The van der Waals surface area contributed by atoms with E-state index in [0.29, 0.717) is 30.2 Å². The summed E-state index contributed by atoms with van der Waals surface area (Å²) in [6.45, 7) is 4.69. The third kappa shape index (κ3) is 7.75. The van der Waals surface area contributed by atoms with Crippen molar-refractivity contribution in [2.24, 2.45) is 0 Å². The molecule has 0 aliphatic rings. The van der Waals surface area contributed by atoms with Gasteiger partial charge in [-0.1, -0.05) is 12.1 Å². The number of benzene rings is 2. The molecule has 0 unspecified atom stereocenters. The number of carbonyl (C=O) groups excluding carboxylic acids is 1. The van der Waals surface area contributed by atoms with Crippen molar-refractivity contribution >= 4 is 21.6 Å². The number of rotatable bonds is 12. The van der Waals surface area contributed by atoms with Crippen LogP contribution in [0.5, 0.6) is 11.5 Å². The third-order valence-corrected chi connectivity index (χ3v) is 6.27. The molecule has 0 spiro atoms. The second-order valence-electron chi connectivity index (χ2n) is 7.93. The lowest BCUT2D eigenvalue weighted by atomic mass is 10.1. The van der Waals surface area contributed by atoms with Gasteiger partial charge in [0, 0.05) is 19.5 Å². The fraction of sp³-hybridized carbons (Fsp3) is 0.458. The maximum atomic E-state index is 12.3. The average molecular weight is 463 g/mol. The van der Waals surface area contributed by atoms with Gasteiger partial charge < -0.3 is 14.8 Å². The van der Waals surface area contributed by atoms with Crippen LogP contribution in [0.3, 0.4) is 0 Å². The first kappa shape index (κ1) is 25.5. The summed E-state index contributed by atoms with van der Waals surface area (Å²) in [6, 6.07) is 11.5. The van der Waals surface area contributed by atoms with Crippen molar-refractivity contribution in [3.8, 4) is 11.5 Å². The maximum Gasteiger partial charge on any atom is 0.232 e. The van der Waals surface area contributed by atoms with Gasteiger partial charge in [-0.25, -0.2) is 8.42 Å². The number of hydrogen-bond acceptors (Lipinski definition) is 5. The van der Waals surface area contributed by atoms with Crippen molar-refractivity contribution in [3.63, 3.8) is 0 Å². The number of methoxy groups -OCH3 is 2. The Balaban J connectivity index is 1.79. The predicted molar refractivity (Wildman–Crippen MR) is 128 cm³/mol. The van der Waals surface area contributed by atoms with Gasteiger partial charge in [0.1, 0.15) is 0 Å². The van der Waals surface area contributed by atoms with E-state index < -0.39 is 10.0 Å². The highest BCUT2D eigenvalue weighted by Crippen LogP contribution is 2.28. The van der Waals surface area contributed by atoms with Crippen LogP contribution in [-0.4, -0.2) is 47.9 Å². The van der Waals surface area contributed by atoms with Gasteiger partial charge in [-0.3, -0.25) is 9.10 Å². The summed E-state index contributed by atoms with van der Waals surface area (Å²) < 4.78 is 36.5. The van der Waals surface area contributed by atoms with Gasteiger partial charge in [-0.05, 0) is 74.1 Å². The molecule has 0 radical (unpaired) electrons. The molecule has 8 heteroatoms. The van der Waals surface area contributed by atoms with Gasteiger partial charge in [0.15, 0.2) is 11.5 Å². The molecule has 0 saturated carbocycles. The first-order valence-electron chi connectivity index (χ1n) is 10.7. The normalized spacial score (nSPS) is 11.2. The summed E-state index contributed by atoms with van der Waals surface area (Å²) >= 11 is 0. The molecule has 2 aromatic rings. The van der Waals surface area contributed by atoms with Gasteiger partial charge in [0.05, 0.1) is 26.2 Å². The third-order valence-electron chi connectivity index (χ3n) is 5.07. The second kappa shape index (κ2) is 11.8. The fourth-order valence-electron chi connectivity index (χ4n) is 3.61. The number of aryl methyl sites for hydroxylation is 3. The maximum absolute atomic E-state index is 12.3. The Morgan fingerprint density at radius 3 is 2.22 bits per heavy atom. The molecular formula is C24H34N2O5S. The van der Waals surface area contributed by atoms with Crippen molar-refractivity contribution in [1.29, 1.82) is 0 Å². The van der Waals surface area contributed by atoms with E-state index in [1.165, 1.54) is 10.6 Å². The molecule has 0 aliphatic heterocycles. The number of amides is 1. The zero-order valence-corrected chi connectivity index (χ0v) is 20.4. The minimum absolute atomic E-state index is 0.0776. The van der Waals surface area contributed by atoms with Gasteiger partial charge >= 0.3 is 0 Å². The Hall–Kier alpha value is -2.74. The van der Waals surface area contributed by atoms with Crippen molar-refractivity contribution in [2.45, 2.75) is 39.5 Å². The van der Waals surface area contributed by atoms with Crippen LogP contribution >= 0.6 is 0 Å². The molecule has 0 aromatic heterocycles. The van der Waals surface area contributed by atoms with Gasteiger partial charge in [0.25, 0.3) is 0 Å². The first-order valence-corrected chi connectivity index (χ1v) is 12.5. The fourth-order valence-corrected chi connectivity index (χ4v) is 4.56. The van der Waals surface area contributed by atoms with Crippen LogP contribution in [0.1, 0.15) is 36.0 Å². The molecule has 32 heavy (non-hydrogen) atoms. The largest absolute Gasteiger partial charge is 0.493 e. The molecule has 7 nitrogen and oxygen atoms in total. The standard InChI is InChI=1S/C24H34N2O5S/c1-18-14-19(2)16-21(15-18)26(32(5,28)29)13-7-9-24(27)25-12-6-8-20-10-11-22(30-3)23(17-20)31-4/h10-11,14-17H,6-9,12-13H2,1-5H3,(H,25,27). The van der Waals surface area contributed by atoms with Crippen LogP contribution in [0.4, 0.5) is 5.69 Å². The average Bonchev–Trinajstić information content (AvgIpc) is 2.72. The lowest BCUT2D eigenvalue weighted by molar-refractivity contribution is -0.121. The van der Waals surface area contributed by atoms with E-state index in [2.05, 4.69) is 5.32 Å². The topological polar surface area (TPSA) is 84.9 Å². The lowest BCUT2D eigenvalue weighted by Gasteiger charge is -2.23. The molecular weight excluding hydrogens is 428 g/mol. The number of ether oxygens (including phenoxy) is 2. The molecule has 2 rings (SSSR count). The highest BCUT2D eigenvalue weighted by atomic mass is 32.2. The van der Waals surface area contributed by atoms with E-state index in [4.69, 9.17) is 9.47 Å². The minimum atomic E-state index is -3.43. The number of hydrogen-bond donors (Lipinski definition) is 1. The van der Waals surface area contributed by atoms with E-state index >= 15 is 0 Å². The number of nitrogens with one attached hydrogen (secondary N) is 1. The Morgan fingerprint density at radius 1 is 0.969 bits per heavy atom. The van der Waals surface area contributed by atoms with Crippen LogP contribution in [-0.2, 0) is 21.2 Å². The number of sulfonamides is 1. The monoisotopic (exact) mass is 462 g/mol. The molecule has 0 heterocycles.